The van der Waals surface area contributed by atoms with E-state index in [1.54, 1.807) is 19.1 Å². The van der Waals surface area contributed by atoms with E-state index < -0.39 is 0 Å². The Morgan fingerprint density at radius 3 is 2.55 bits per heavy atom. The fourth-order valence-electron chi connectivity index (χ4n) is 1.80. The van der Waals surface area contributed by atoms with Crippen LogP contribution >= 0.6 is 11.6 Å². The first-order valence-corrected chi connectivity index (χ1v) is 6.40. The quantitative estimate of drug-likeness (QED) is 0.692. The maximum absolute atomic E-state index is 12.9. The van der Waals surface area contributed by atoms with Crippen LogP contribution in [-0.4, -0.2) is 16.3 Å². The Labute approximate surface area is 121 Å². The maximum atomic E-state index is 12.9. The molecule has 1 aromatic heterocycles. The summed E-state index contributed by atoms with van der Waals surface area (Å²) in [5.41, 5.74) is 1.09. The van der Waals surface area contributed by atoms with Crippen LogP contribution in [0.25, 0.3) is 0 Å². The maximum Gasteiger partial charge on any atom is 0.156 e. The second-order valence-corrected chi connectivity index (χ2v) is 4.72. The minimum absolute atomic E-state index is 0.112. The summed E-state index contributed by atoms with van der Waals surface area (Å²) >= 11 is 5.91. The predicted octanol–water partition coefficient (Wildman–Crippen LogP) is 3.56. The van der Waals surface area contributed by atoms with Gasteiger partial charge in [-0.15, -0.1) is 0 Å². The number of anilines is 1. The highest BCUT2D eigenvalue weighted by Gasteiger charge is 2.14. The Morgan fingerprint density at radius 2 is 1.95 bits per heavy atom. The standard InChI is InChI=1S/C14H13ClFN3O/c1-8(10-3-5-11(16)6-4-10)17-14-12(7-20)13(15)18-9(2)19-14/h3-8H,1-2H3,(H,17,18,19). The number of aldehydes is 1. The van der Waals surface area contributed by atoms with Gasteiger partial charge in [0.1, 0.15) is 22.6 Å². The van der Waals surface area contributed by atoms with Gasteiger partial charge in [-0.05, 0) is 31.5 Å². The van der Waals surface area contributed by atoms with Crippen molar-refractivity contribution in [3.63, 3.8) is 0 Å². The van der Waals surface area contributed by atoms with E-state index in [9.17, 15) is 9.18 Å². The summed E-state index contributed by atoms with van der Waals surface area (Å²) in [7, 11) is 0. The molecule has 4 nitrogen and oxygen atoms in total. The topological polar surface area (TPSA) is 54.9 Å². The summed E-state index contributed by atoms with van der Waals surface area (Å²) in [6.07, 6.45) is 0.613. The molecule has 0 radical (unpaired) electrons. The number of rotatable bonds is 4. The molecular weight excluding hydrogens is 281 g/mol. The molecule has 20 heavy (non-hydrogen) atoms. The van der Waals surface area contributed by atoms with Gasteiger partial charge in [0.15, 0.2) is 6.29 Å². The van der Waals surface area contributed by atoms with Crippen molar-refractivity contribution in [2.24, 2.45) is 0 Å². The first-order valence-electron chi connectivity index (χ1n) is 6.02. The third-order valence-corrected chi connectivity index (χ3v) is 3.14. The van der Waals surface area contributed by atoms with Gasteiger partial charge < -0.3 is 5.32 Å². The van der Waals surface area contributed by atoms with Crippen LogP contribution in [0.2, 0.25) is 5.15 Å². The van der Waals surface area contributed by atoms with E-state index in [1.807, 2.05) is 6.92 Å². The van der Waals surface area contributed by atoms with Crippen molar-refractivity contribution >= 4 is 23.7 Å². The number of benzene rings is 1. The van der Waals surface area contributed by atoms with E-state index in [1.165, 1.54) is 12.1 Å². The Kier molecular flexibility index (Phi) is 4.29. The minimum atomic E-state index is -0.296. The van der Waals surface area contributed by atoms with E-state index >= 15 is 0 Å². The summed E-state index contributed by atoms with van der Waals surface area (Å²) < 4.78 is 12.9. The van der Waals surface area contributed by atoms with Gasteiger partial charge >= 0.3 is 0 Å². The van der Waals surface area contributed by atoms with Crippen molar-refractivity contribution in [3.8, 4) is 0 Å². The Balaban J connectivity index is 2.29. The Hall–Kier alpha value is -2.01. The average Bonchev–Trinajstić information content (AvgIpc) is 2.39. The second kappa shape index (κ2) is 5.96. The number of carbonyl (C=O) groups excluding carboxylic acids is 1. The SMILES string of the molecule is Cc1nc(Cl)c(C=O)c(NC(C)c2ccc(F)cc2)n1. The normalized spacial score (nSPS) is 12.0. The lowest BCUT2D eigenvalue weighted by molar-refractivity contribution is 0.112. The van der Waals surface area contributed by atoms with Crippen LogP contribution in [-0.2, 0) is 0 Å². The summed E-state index contributed by atoms with van der Waals surface area (Å²) in [6.45, 7) is 3.57. The van der Waals surface area contributed by atoms with Gasteiger partial charge in [-0.3, -0.25) is 4.79 Å². The van der Waals surface area contributed by atoms with Crippen molar-refractivity contribution in [3.05, 3.63) is 52.2 Å². The molecule has 0 aliphatic carbocycles. The molecule has 2 rings (SSSR count). The van der Waals surface area contributed by atoms with E-state index in [-0.39, 0.29) is 22.6 Å². The number of nitrogens with one attached hydrogen (secondary N) is 1. The largest absolute Gasteiger partial charge is 0.363 e. The van der Waals surface area contributed by atoms with Crippen LogP contribution in [0.5, 0.6) is 0 Å². The van der Waals surface area contributed by atoms with Crippen molar-refractivity contribution in [1.82, 2.24) is 9.97 Å². The molecule has 0 amide bonds. The third kappa shape index (κ3) is 3.11. The lowest BCUT2D eigenvalue weighted by Crippen LogP contribution is -2.11. The van der Waals surface area contributed by atoms with Crippen LogP contribution in [0.15, 0.2) is 24.3 Å². The molecule has 0 spiro atoms. The molecule has 104 valence electrons. The van der Waals surface area contributed by atoms with Gasteiger partial charge in [0, 0.05) is 6.04 Å². The molecule has 1 heterocycles. The zero-order valence-corrected chi connectivity index (χ0v) is 11.8. The lowest BCUT2D eigenvalue weighted by Gasteiger charge is -2.16. The van der Waals surface area contributed by atoms with Crippen molar-refractivity contribution < 1.29 is 9.18 Å². The molecule has 0 aliphatic rings. The molecule has 1 aromatic carbocycles. The molecule has 2 aromatic rings. The second-order valence-electron chi connectivity index (χ2n) is 4.36. The van der Waals surface area contributed by atoms with Gasteiger partial charge in [0.05, 0.1) is 5.56 Å². The van der Waals surface area contributed by atoms with Gasteiger partial charge in [-0.25, -0.2) is 14.4 Å². The Morgan fingerprint density at radius 1 is 1.30 bits per heavy atom. The summed E-state index contributed by atoms with van der Waals surface area (Å²) in [4.78, 5) is 19.2. The molecule has 0 fully saturated rings. The minimum Gasteiger partial charge on any atom is -0.363 e. The molecule has 0 bridgehead atoms. The molecule has 6 heteroatoms. The smallest absolute Gasteiger partial charge is 0.156 e. The number of hydrogen-bond acceptors (Lipinski definition) is 4. The molecule has 1 unspecified atom stereocenters. The predicted molar refractivity (Wildman–Crippen MR) is 75.6 cm³/mol. The van der Waals surface area contributed by atoms with Gasteiger partial charge in [0.2, 0.25) is 0 Å². The fourth-order valence-corrected chi connectivity index (χ4v) is 2.06. The zero-order chi connectivity index (χ0) is 14.7. The third-order valence-electron chi connectivity index (χ3n) is 2.85. The van der Waals surface area contributed by atoms with Crippen LogP contribution < -0.4 is 5.32 Å². The number of carbonyl (C=O) groups is 1. The van der Waals surface area contributed by atoms with Gasteiger partial charge in [-0.1, -0.05) is 23.7 Å². The van der Waals surface area contributed by atoms with E-state index in [0.717, 1.165) is 5.56 Å². The van der Waals surface area contributed by atoms with Crippen LogP contribution in [0.1, 0.15) is 34.7 Å². The van der Waals surface area contributed by atoms with Crippen LogP contribution in [0.4, 0.5) is 10.2 Å². The molecule has 0 aliphatic heterocycles. The number of halogens is 2. The monoisotopic (exact) mass is 293 g/mol. The van der Waals surface area contributed by atoms with Crippen LogP contribution in [0, 0.1) is 12.7 Å². The molecule has 0 saturated heterocycles. The summed E-state index contributed by atoms with van der Waals surface area (Å²) in [5, 5.41) is 3.20. The van der Waals surface area contributed by atoms with Gasteiger partial charge in [0.25, 0.3) is 0 Å². The van der Waals surface area contributed by atoms with Crippen molar-refractivity contribution in [2.45, 2.75) is 19.9 Å². The molecule has 1 atom stereocenters. The zero-order valence-electron chi connectivity index (χ0n) is 11.0. The van der Waals surface area contributed by atoms with Crippen LogP contribution in [0.3, 0.4) is 0 Å². The number of aromatic nitrogens is 2. The highest BCUT2D eigenvalue weighted by molar-refractivity contribution is 6.32. The van der Waals surface area contributed by atoms with Gasteiger partial charge in [-0.2, -0.15) is 0 Å². The first kappa shape index (κ1) is 14.4. The fraction of sp³-hybridized carbons (Fsp3) is 0.214. The highest BCUT2D eigenvalue weighted by Crippen LogP contribution is 2.24. The van der Waals surface area contributed by atoms with Crippen molar-refractivity contribution in [1.29, 1.82) is 0 Å². The number of aryl methyl sites for hydroxylation is 1. The number of nitrogens with zero attached hydrogens (tertiary/aromatic N) is 2. The van der Waals surface area contributed by atoms with E-state index in [2.05, 4.69) is 15.3 Å². The van der Waals surface area contributed by atoms with E-state index in [0.29, 0.717) is 17.9 Å². The highest BCUT2D eigenvalue weighted by atomic mass is 35.5. The average molecular weight is 294 g/mol. The summed E-state index contributed by atoms with van der Waals surface area (Å²) in [5.74, 6) is 0.541. The Bertz CT molecular complexity index is 631. The number of hydrogen-bond donors (Lipinski definition) is 1. The van der Waals surface area contributed by atoms with E-state index in [4.69, 9.17) is 11.6 Å². The van der Waals surface area contributed by atoms with Crippen molar-refractivity contribution in [2.75, 3.05) is 5.32 Å². The molecule has 0 saturated carbocycles. The summed E-state index contributed by atoms with van der Waals surface area (Å²) in [6, 6.07) is 5.95. The lowest BCUT2D eigenvalue weighted by atomic mass is 10.1. The molecular formula is C14H13ClFN3O. The first-order chi connectivity index (χ1) is 9.51. The molecule has 1 N–H and O–H groups in total.